The fourth-order valence-electron chi connectivity index (χ4n) is 2.28. The molecular weight excluding hydrogens is 264 g/mol. The number of aromatic nitrogens is 2. The lowest BCUT2D eigenvalue weighted by Crippen LogP contribution is -2.33. The second-order valence-electron chi connectivity index (χ2n) is 5.65. The Kier molecular flexibility index (Phi) is 7.43. The molecule has 1 N–H and O–H groups in total. The van der Waals surface area contributed by atoms with Crippen LogP contribution in [0.2, 0.25) is 0 Å². The van der Waals surface area contributed by atoms with Gasteiger partial charge in [-0.15, -0.1) is 0 Å². The molecule has 0 bridgehead atoms. The number of hydrogen-bond acceptors (Lipinski definition) is 5. The number of methoxy groups -OCH3 is 1. The van der Waals surface area contributed by atoms with Gasteiger partial charge in [-0.05, 0) is 19.8 Å². The topological polar surface area (TPSA) is 50.3 Å². The Hall–Kier alpha value is -1.36. The number of nitrogens with one attached hydrogen (secondary N) is 1. The highest BCUT2D eigenvalue weighted by molar-refractivity contribution is 5.58. The molecular formula is C16H30N4O. The summed E-state index contributed by atoms with van der Waals surface area (Å²) >= 11 is 0. The quantitative estimate of drug-likeness (QED) is 0.759. The van der Waals surface area contributed by atoms with Crippen molar-refractivity contribution in [1.29, 1.82) is 0 Å². The minimum Gasteiger partial charge on any atom is -0.383 e. The number of anilines is 2. The van der Waals surface area contributed by atoms with Gasteiger partial charge in [0.15, 0.2) is 0 Å². The third-order valence-corrected chi connectivity index (χ3v) is 3.28. The highest BCUT2D eigenvalue weighted by atomic mass is 16.5. The molecule has 1 aromatic heterocycles. The Morgan fingerprint density at radius 3 is 2.48 bits per heavy atom. The molecule has 0 aromatic carbocycles. The molecule has 5 heteroatoms. The molecule has 0 fully saturated rings. The molecule has 0 unspecified atom stereocenters. The monoisotopic (exact) mass is 294 g/mol. The molecule has 0 atom stereocenters. The van der Waals surface area contributed by atoms with Crippen LogP contribution in [0.25, 0.3) is 0 Å². The third-order valence-electron chi connectivity index (χ3n) is 3.28. The Balaban J connectivity index is 3.17. The van der Waals surface area contributed by atoms with E-state index in [0.29, 0.717) is 12.5 Å². The van der Waals surface area contributed by atoms with Gasteiger partial charge in [-0.25, -0.2) is 9.97 Å². The first kappa shape index (κ1) is 17.7. The van der Waals surface area contributed by atoms with E-state index < -0.39 is 0 Å². The van der Waals surface area contributed by atoms with Crippen LogP contribution >= 0.6 is 0 Å². The minimum atomic E-state index is 0.573. The van der Waals surface area contributed by atoms with Crippen LogP contribution in [0.1, 0.15) is 39.1 Å². The van der Waals surface area contributed by atoms with Crippen LogP contribution in [0.3, 0.4) is 0 Å². The van der Waals surface area contributed by atoms with E-state index in [2.05, 4.69) is 49.8 Å². The van der Waals surface area contributed by atoms with Crippen LogP contribution in [0.5, 0.6) is 0 Å². The van der Waals surface area contributed by atoms with E-state index >= 15 is 0 Å². The summed E-state index contributed by atoms with van der Waals surface area (Å²) in [5.74, 6) is 3.44. The fraction of sp³-hybridized carbons (Fsp3) is 0.750. The van der Waals surface area contributed by atoms with Crippen molar-refractivity contribution in [2.45, 2.75) is 41.0 Å². The molecule has 21 heavy (non-hydrogen) atoms. The Morgan fingerprint density at radius 1 is 1.24 bits per heavy atom. The van der Waals surface area contributed by atoms with Gasteiger partial charge in [0, 0.05) is 38.7 Å². The van der Waals surface area contributed by atoms with Gasteiger partial charge in [0.05, 0.1) is 6.61 Å². The minimum absolute atomic E-state index is 0.573. The molecule has 0 aliphatic rings. The normalized spacial score (nSPS) is 11.0. The molecule has 0 aliphatic carbocycles. The van der Waals surface area contributed by atoms with E-state index in [1.54, 1.807) is 7.11 Å². The average molecular weight is 294 g/mol. The smallest absolute Gasteiger partial charge is 0.137 e. The van der Waals surface area contributed by atoms with Gasteiger partial charge in [-0.3, -0.25) is 0 Å². The predicted molar refractivity (Wildman–Crippen MR) is 89.2 cm³/mol. The number of ether oxygens (including phenoxy) is 1. The maximum absolute atomic E-state index is 5.25. The predicted octanol–water partition coefficient (Wildman–Crippen LogP) is 2.89. The zero-order valence-electron chi connectivity index (χ0n) is 14.4. The van der Waals surface area contributed by atoms with Crippen LogP contribution in [0.15, 0.2) is 0 Å². The summed E-state index contributed by atoms with van der Waals surface area (Å²) in [6.07, 6.45) is 0.839. The second kappa shape index (κ2) is 8.82. The van der Waals surface area contributed by atoms with Gasteiger partial charge in [0.25, 0.3) is 0 Å². The molecule has 1 aromatic rings. The molecule has 0 spiro atoms. The molecule has 5 nitrogen and oxygen atoms in total. The summed E-state index contributed by atoms with van der Waals surface area (Å²) in [5, 5.41) is 3.35. The Bertz CT molecular complexity index is 435. The van der Waals surface area contributed by atoms with Gasteiger partial charge in [-0.1, -0.05) is 20.8 Å². The van der Waals surface area contributed by atoms with Gasteiger partial charge in [0.2, 0.25) is 0 Å². The first-order valence-corrected chi connectivity index (χ1v) is 7.88. The van der Waals surface area contributed by atoms with Crippen LogP contribution in [0, 0.1) is 12.8 Å². The average Bonchev–Trinajstić information content (AvgIpc) is 2.45. The van der Waals surface area contributed by atoms with Gasteiger partial charge in [-0.2, -0.15) is 0 Å². The molecule has 0 aliphatic heterocycles. The summed E-state index contributed by atoms with van der Waals surface area (Å²) in [6.45, 7) is 14.1. The third kappa shape index (κ3) is 5.16. The highest BCUT2D eigenvalue weighted by Gasteiger charge is 2.17. The maximum atomic E-state index is 5.25. The number of nitrogens with zero attached hydrogens (tertiary/aromatic N) is 3. The largest absolute Gasteiger partial charge is 0.383 e. The van der Waals surface area contributed by atoms with E-state index in [0.717, 1.165) is 49.1 Å². The van der Waals surface area contributed by atoms with E-state index in [-0.39, 0.29) is 0 Å². The van der Waals surface area contributed by atoms with Gasteiger partial charge in [0.1, 0.15) is 17.5 Å². The van der Waals surface area contributed by atoms with Crippen LogP contribution in [-0.4, -0.2) is 43.3 Å². The molecule has 0 amide bonds. The maximum Gasteiger partial charge on any atom is 0.137 e. The zero-order valence-corrected chi connectivity index (χ0v) is 14.4. The van der Waals surface area contributed by atoms with E-state index in [4.69, 9.17) is 9.72 Å². The summed E-state index contributed by atoms with van der Waals surface area (Å²) < 4.78 is 5.25. The van der Waals surface area contributed by atoms with E-state index in [1.807, 2.05) is 0 Å². The lowest BCUT2D eigenvalue weighted by Gasteiger charge is -2.28. The first-order valence-electron chi connectivity index (χ1n) is 7.88. The highest BCUT2D eigenvalue weighted by Crippen LogP contribution is 2.24. The van der Waals surface area contributed by atoms with Crippen molar-refractivity contribution in [3.8, 4) is 0 Å². The first-order chi connectivity index (χ1) is 10.0. The lowest BCUT2D eigenvalue weighted by atomic mass is 10.2. The van der Waals surface area contributed by atoms with Gasteiger partial charge < -0.3 is 15.0 Å². The summed E-state index contributed by atoms with van der Waals surface area (Å²) in [5.41, 5.74) is 1.12. The Morgan fingerprint density at radius 2 is 1.95 bits per heavy atom. The van der Waals surface area contributed by atoms with Crippen LogP contribution in [-0.2, 0) is 11.2 Å². The second-order valence-corrected chi connectivity index (χ2v) is 5.65. The van der Waals surface area contributed by atoms with Crippen molar-refractivity contribution in [3.63, 3.8) is 0 Å². The molecule has 1 rings (SSSR count). The standard InChI is InChI=1S/C16H30N4O/c1-7-14-18-15(17-8-2)13(5)16(19-14)20(9-10-21-6)11-12(3)4/h12H,7-11H2,1-6H3,(H,17,18,19). The van der Waals surface area contributed by atoms with Gasteiger partial charge >= 0.3 is 0 Å². The summed E-state index contributed by atoms with van der Waals surface area (Å²) in [7, 11) is 1.74. The molecule has 0 radical (unpaired) electrons. The van der Waals surface area contributed by atoms with Crippen molar-refractivity contribution >= 4 is 11.6 Å². The van der Waals surface area contributed by atoms with Crippen molar-refractivity contribution < 1.29 is 4.74 Å². The molecule has 1 heterocycles. The van der Waals surface area contributed by atoms with Crippen molar-refractivity contribution in [2.24, 2.45) is 5.92 Å². The fourth-order valence-corrected chi connectivity index (χ4v) is 2.28. The molecule has 0 saturated heterocycles. The van der Waals surface area contributed by atoms with Crippen molar-refractivity contribution in [1.82, 2.24) is 9.97 Å². The summed E-state index contributed by atoms with van der Waals surface area (Å²) in [4.78, 5) is 11.7. The number of hydrogen-bond donors (Lipinski definition) is 1. The number of rotatable bonds is 9. The Labute approximate surface area is 129 Å². The van der Waals surface area contributed by atoms with Crippen molar-refractivity contribution in [2.75, 3.05) is 43.6 Å². The number of aryl methyl sites for hydroxylation is 1. The van der Waals surface area contributed by atoms with E-state index in [1.165, 1.54) is 0 Å². The zero-order chi connectivity index (χ0) is 15.8. The SMILES string of the molecule is CCNc1nc(CC)nc(N(CCOC)CC(C)C)c1C. The van der Waals surface area contributed by atoms with Crippen molar-refractivity contribution in [3.05, 3.63) is 11.4 Å². The summed E-state index contributed by atoms with van der Waals surface area (Å²) in [6, 6.07) is 0. The lowest BCUT2D eigenvalue weighted by molar-refractivity contribution is 0.204. The van der Waals surface area contributed by atoms with Crippen LogP contribution < -0.4 is 10.2 Å². The van der Waals surface area contributed by atoms with Crippen LogP contribution in [0.4, 0.5) is 11.6 Å². The molecule has 120 valence electrons. The molecule has 0 saturated carbocycles. The van der Waals surface area contributed by atoms with E-state index in [9.17, 15) is 0 Å².